The zero-order valence-corrected chi connectivity index (χ0v) is 11.9. The zero-order chi connectivity index (χ0) is 12.8. The van der Waals surface area contributed by atoms with E-state index in [1.54, 1.807) is 0 Å². The van der Waals surface area contributed by atoms with Gasteiger partial charge in [0.05, 0.1) is 0 Å². The van der Waals surface area contributed by atoms with Crippen LogP contribution in [0.15, 0.2) is 0 Å². The summed E-state index contributed by atoms with van der Waals surface area (Å²) in [7, 11) is 0. The fourth-order valence-corrected chi connectivity index (χ4v) is 3.94. The van der Waals surface area contributed by atoms with Crippen LogP contribution in [0.2, 0.25) is 0 Å². The van der Waals surface area contributed by atoms with Gasteiger partial charge in [-0.3, -0.25) is 4.90 Å². The molecule has 3 nitrogen and oxygen atoms in total. The first-order valence-electron chi connectivity index (χ1n) is 7.93. The van der Waals surface area contributed by atoms with Gasteiger partial charge < -0.3 is 10.4 Å². The summed E-state index contributed by atoms with van der Waals surface area (Å²) >= 11 is 0. The van der Waals surface area contributed by atoms with Crippen molar-refractivity contribution < 1.29 is 5.11 Å². The molecule has 1 saturated heterocycles. The predicted molar refractivity (Wildman–Crippen MR) is 75.7 cm³/mol. The van der Waals surface area contributed by atoms with Crippen molar-refractivity contribution in [1.29, 1.82) is 0 Å². The van der Waals surface area contributed by atoms with Gasteiger partial charge in [0.15, 0.2) is 0 Å². The van der Waals surface area contributed by atoms with Crippen molar-refractivity contribution in [2.75, 3.05) is 26.2 Å². The monoisotopic (exact) mass is 254 g/mol. The van der Waals surface area contributed by atoms with Gasteiger partial charge in [0, 0.05) is 25.2 Å². The highest BCUT2D eigenvalue weighted by Gasteiger charge is 2.33. The van der Waals surface area contributed by atoms with Crippen molar-refractivity contribution in [3.63, 3.8) is 0 Å². The quantitative estimate of drug-likeness (QED) is 0.761. The number of piperidine rings is 1. The summed E-state index contributed by atoms with van der Waals surface area (Å²) in [6.45, 7) is 5.88. The van der Waals surface area contributed by atoms with Crippen molar-refractivity contribution in [3.8, 4) is 0 Å². The number of nitrogens with one attached hydrogen (secondary N) is 1. The van der Waals surface area contributed by atoms with Gasteiger partial charge in [-0.15, -0.1) is 0 Å². The summed E-state index contributed by atoms with van der Waals surface area (Å²) < 4.78 is 0. The SMILES string of the molecule is CCNC(CCO)CN1CCC[C@H]2CCCC[C@H]21. The second kappa shape index (κ2) is 7.46. The molecule has 1 heterocycles. The first-order valence-corrected chi connectivity index (χ1v) is 7.93. The maximum Gasteiger partial charge on any atom is 0.0446 e. The van der Waals surface area contributed by atoms with Crippen LogP contribution in [0.4, 0.5) is 0 Å². The van der Waals surface area contributed by atoms with Crippen molar-refractivity contribution in [1.82, 2.24) is 10.2 Å². The first-order chi connectivity index (χ1) is 8.85. The predicted octanol–water partition coefficient (Wildman–Crippen LogP) is 2.00. The summed E-state index contributed by atoms with van der Waals surface area (Å²) in [4.78, 5) is 2.72. The molecule has 2 aliphatic rings. The van der Waals surface area contributed by atoms with E-state index in [0.717, 1.165) is 31.5 Å². The molecule has 0 aromatic carbocycles. The molecule has 3 heteroatoms. The first kappa shape index (κ1) is 14.3. The smallest absolute Gasteiger partial charge is 0.0446 e. The van der Waals surface area contributed by atoms with E-state index in [9.17, 15) is 0 Å². The molecule has 1 aliphatic carbocycles. The number of hydrogen-bond donors (Lipinski definition) is 2. The fourth-order valence-electron chi connectivity index (χ4n) is 3.94. The minimum absolute atomic E-state index is 0.305. The molecular weight excluding hydrogens is 224 g/mol. The van der Waals surface area contributed by atoms with Crippen LogP contribution in [-0.4, -0.2) is 48.3 Å². The van der Waals surface area contributed by atoms with Crippen molar-refractivity contribution in [2.45, 2.75) is 64.0 Å². The third kappa shape index (κ3) is 3.69. The van der Waals surface area contributed by atoms with Gasteiger partial charge in [-0.1, -0.05) is 19.8 Å². The summed E-state index contributed by atoms with van der Waals surface area (Å²) in [6.07, 6.45) is 9.44. The van der Waals surface area contributed by atoms with E-state index in [1.165, 1.54) is 45.1 Å². The number of aliphatic hydroxyl groups is 1. The zero-order valence-electron chi connectivity index (χ0n) is 11.9. The number of nitrogens with zero attached hydrogens (tertiary/aromatic N) is 1. The summed E-state index contributed by atoms with van der Waals surface area (Å²) in [5, 5.41) is 12.7. The Morgan fingerprint density at radius 1 is 1.22 bits per heavy atom. The third-order valence-corrected chi connectivity index (χ3v) is 4.78. The van der Waals surface area contributed by atoms with Gasteiger partial charge in [0.25, 0.3) is 0 Å². The van der Waals surface area contributed by atoms with E-state index in [1.807, 2.05) is 0 Å². The second-order valence-electron chi connectivity index (χ2n) is 6.02. The molecule has 2 rings (SSSR count). The summed E-state index contributed by atoms with van der Waals surface area (Å²) in [5.74, 6) is 0.962. The van der Waals surface area contributed by atoms with Crippen LogP contribution >= 0.6 is 0 Å². The molecule has 1 saturated carbocycles. The molecule has 1 aliphatic heterocycles. The lowest BCUT2D eigenvalue weighted by Gasteiger charge is -2.45. The second-order valence-corrected chi connectivity index (χ2v) is 6.02. The third-order valence-electron chi connectivity index (χ3n) is 4.78. The molecule has 0 aromatic rings. The number of likely N-dealkylation sites (tertiary alicyclic amines) is 1. The molecule has 106 valence electrons. The molecule has 3 atom stereocenters. The lowest BCUT2D eigenvalue weighted by molar-refractivity contribution is 0.0504. The van der Waals surface area contributed by atoms with Gasteiger partial charge in [0.1, 0.15) is 0 Å². The van der Waals surface area contributed by atoms with Crippen molar-refractivity contribution in [3.05, 3.63) is 0 Å². The van der Waals surface area contributed by atoms with Crippen LogP contribution < -0.4 is 5.32 Å². The molecular formula is C15H30N2O. The minimum Gasteiger partial charge on any atom is -0.396 e. The number of fused-ring (bicyclic) bond motifs is 1. The van der Waals surface area contributed by atoms with Crippen molar-refractivity contribution >= 4 is 0 Å². The van der Waals surface area contributed by atoms with Crippen LogP contribution in [-0.2, 0) is 0 Å². The topological polar surface area (TPSA) is 35.5 Å². The molecule has 18 heavy (non-hydrogen) atoms. The van der Waals surface area contributed by atoms with E-state index in [4.69, 9.17) is 5.11 Å². The van der Waals surface area contributed by atoms with Gasteiger partial charge in [-0.25, -0.2) is 0 Å². The molecule has 0 bridgehead atoms. The van der Waals surface area contributed by atoms with Crippen LogP contribution in [0.25, 0.3) is 0 Å². The average Bonchev–Trinajstić information content (AvgIpc) is 2.40. The van der Waals surface area contributed by atoms with E-state index in [0.29, 0.717) is 12.6 Å². The molecule has 1 unspecified atom stereocenters. The maximum absolute atomic E-state index is 9.17. The standard InChI is InChI=1S/C15H30N2O/c1-2-16-14(9-11-18)12-17-10-5-7-13-6-3-4-8-15(13)17/h13-16,18H,2-12H2,1H3/t13-,14?,15-/m1/s1. The Bertz CT molecular complexity index is 227. The Kier molecular flexibility index (Phi) is 5.93. The normalized spacial score (nSPS) is 31.0. The lowest BCUT2D eigenvalue weighted by atomic mass is 9.78. The van der Waals surface area contributed by atoms with E-state index >= 15 is 0 Å². The van der Waals surface area contributed by atoms with Gasteiger partial charge in [0.2, 0.25) is 0 Å². The maximum atomic E-state index is 9.17. The van der Waals surface area contributed by atoms with E-state index in [-0.39, 0.29) is 0 Å². The largest absolute Gasteiger partial charge is 0.396 e. The average molecular weight is 254 g/mol. The Hall–Kier alpha value is -0.120. The molecule has 0 spiro atoms. The highest BCUT2D eigenvalue weighted by atomic mass is 16.3. The van der Waals surface area contributed by atoms with Crippen molar-refractivity contribution in [2.24, 2.45) is 5.92 Å². The molecule has 0 radical (unpaired) electrons. The molecule has 2 fully saturated rings. The van der Waals surface area contributed by atoms with Crippen LogP contribution in [0.3, 0.4) is 0 Å². The number of hydrogen-bond acceptors (Lipinski definition) is 3. The number of aliphatic hydroxyl groups excluding tert-OH is 1. The van der Waals surface area contributed by atoms with Gasteiger partial charge in [-0.05, 0) is 51.1 Å². The molecule has 2 N–H and O–H groups in total. The number of rotatable bonds is 6. The van der Waals surface area contributed by atoms with Gasteiger partial charge >= 0.3 is 0 Å². The Labute approximate surface area is 112 Å². The highest BCUT2D eigenvalue weighted by Crippen LogP contribution is 2.35. The van der Waals surface area contributed by atoms with Crippen LogP contribution in [0.5, 0.6) is 0 Å². The summed E-state index contributed by atoms with van der Waals surface area (Å²) in [5.41, 5.74) is 0. The Balaban J connectivity index is 1.88. The van der Waals surface area contributed by atoms with Crippen LogP contribution in [0.1, 0.15) is 51.9 Å². The Morgan fingerprint density at radius 3 is 2.78 bits per heavy atom. The minimum atomic E-state index is 0.305. The Morgan fingerprint density at radius 2 is 2.00 bits per heavy atom. The molecule has 0 amide bonds. The van der Waals surface area contributed by atoms with E-state index in [2.05, 4.69) is 17.1 Å². The van der Waals surface area contributed by atoms with Gasteiger partial charge in [-0.2, -0.15) is 0 Å². The summed E-state index contributed by atoms with van der Waals surface area (Å²) in [6, 6.07) is 1.31. The number of likely N-dealkylation sites (N-methyl/N-ethyl adjacent to an activating group) is 1. The highest BCUT2D eigenvalue weighted by molar-refractivity contribution is 4.89. The fraction of sp³-hybridized carbons (Fsp3) is 1.00. The van der Waals surface area contributed by atoms with Crippen LogP contribution in [0, 0.1) is 5.92 Å². The molecule has 0 aromatic heterocycles. The lowest BCUT2D eigenvalue weighted by Crippen LogP contribution is -2.52. The van der Waals surface area contributed by atoms with E-state index < -0.39 is 0 Å².